The third-order valence-corrected chi connectivity index (χ3v) is 4.81. The summed E-state index contributed by atoms with van der Waals surface area (Å²) in [6, 6.07) is 22.7. The molecule has 0 amide bonds. The van der Waals surface area contributed by atoms with Gasteiger partial charge in [-0.05, 0) is 37.2 Å². The van der Waals surface area contributed by atoms with E-state index in [9.17, 15) is 0 Å². The van der Waals surface area contributed by atoms with Crippen LogP contribution in [-0.2, 0) is 9.59 Å². The SMILES string of the molecule is CN(C)C(CCOc1cccc2ccccc12)c1ccccc1Cl.O=C(O)C(=O)O. The van der Waals surface area contributed by atoms with Crippen molar-refractivity contribution in [2.45, 2.75) is 12.5 Å². The van der Waals surface area contributed by atoms with Crippen molar-refractivity contribution in [3.05, 3.63) is 77.3 Å². The molecule has 6 nitrogen and oxygen atoms in total. The zero-order valence-electron chi connectivity index (χ0n) is 16.8. The van der Waals surface area contributed by atoms with Crippen molar-refractivity contribution in [2.75, 3.05) is 20.7 Å². The fraction of sp³-hybridized carbons (Fsp3) is 0.217. The lowest BCUT2D eigenvalue weighted by Gasteiger charge is -2.25. The molecule has 0 radical (unpaired) electrons. The lowest BCUT2D eigenvalue weighted by molar-refractivity contribution is -0.159. The summed E-state index contributed by atoms with van der Waals surface area (Å²) < 4.78 is 6.09. The van der Waals surface area contributed by atoms with E-state index in [1.165, 1.54) is 5.39 Å². The molecule has 158 valence electrons. The second-order valence-electron chi connectivity index (χ2n) is 6.73. The van der Waals surface area contributed by atoms with E-state index in [4.69, 9.17) is 36.1 Å². The summed E-state index contributed by atoms with van der Waals surface area (Å²) >= 11 is 6.37. The van der Waals surface area contributed by atoms with Gasteiger partial charge in [0.2, 0.25) is 0 Å². The monoisotopic (exact) mass is 429 g/mol. The minimum atomic E-state index is -1.82. The third-order valence-electron chi connectivity index (χ3n) is 4.47. The molecule has 1 atom stereocenters. The number of nitrogens with zero attached hydrogens (tertiary/aromatic N) is 1. The van der Waals surface area contributed by atoms with Crippen LogP contribution in [0, 0.1) is 0 Å². The standard InChI is InChI=1S/C21H22ClNO.C2H2O4/c1-23(2)20(18-11-5-6-12-19(18)22)14-15-24-21-13-7-9-16-8-3-4-10-17(16)21;3-1(4)2(5)6/h3-13,20H,14-15H2,1-2H3;(H,3,4)(H,5,6). The second-order valence-corrected chi connectivity index (χ2v) is 7.13. The van der Waals surface area contributed by atoms with Crippen molar-refractivity contribution in [1.82, 2.24) is 4.90 Å². The highest BCUT2D eigenvalue weighted by Gasteiger charge is 2.17. The molecule has 0 aliphatic rings. The van der Waals surface area contributed by atoms with Crippen molar-refractivity contribution in [3.8, 4) is 5.75 Å². The Hall–Kier alpha value is -3.09. The van der Waals surface area contributed by atoms with Gasteiger partial charge in [-0.25, -0.2) is 9.59 Å². The molecule has 0 fully saturated rings. The molecular formula is C23H24ClNO5. The van der Waals surface area contributed by atoms with Crippen molar-refractivity contribution < 1.29 is 24.5 Å². The van der Waals surface area contributed by atoms with Gasteiger partial charge in [-0.1, -0.05) is 66.2 Å². The Balaban J connectivity index is 0.000000469. The maximum absolute atomic E-state index is 9.10. The van der Waals surface area contributed by atoms with Gasteiger partial charge in [0.1, 0.15) is 5.75 Å². The fourth-order valence-electron chi connectivity index (χ4n) is 3.04. The van der Waals surface area contributed by atoms with Gasteiger partial charge < -0.3 is 19.8 Å². The summed E-state index contributed by atoms with van der Waals surface area (Å²) in [5, 5.41) is 17.9. The molecule has 0 heterocycles. The molecule has 2 N–H and O–H groups in total. The first-order chi connectivity index (χ1) is 14.3. The Morgan fingerprint density at radius 1 is 0.933 bits per heavy atom. The highest BCUT2D eigenvalue weighted by molar-refractivity contribution is 6.31. The van der Waals surface area contributed by atoms with Crippen molar-refractivity contribution in [3.63, 3.8) is 0 Å². The maximum atomic E-state index is 9.10. The summed E-state index contributed by atoms with van der Waals surface area (Å²) in [5.41, 5.74) is 1.14. The largest absolute Gasteiger partial charge is 0.493 e. The number of ether oxygens (including phenoxy) is 1. The number of halogens is 1. The van der Waals surface area contributed by atoms with Gasteiger partial charge in [0, 0.05) is 22.9 Å². The lowest BCUT2D eigenvalue weighted by Crippen LogP contribution is -2.22. The summed E-state index contributed by atoms with van der Waals surface area (Å²) in [5.74, 6) is -2.71. The summed E-state index contributed by atoms with van der Waals surface area (Å²) in [6.45, 7) is 0.641. The minimum absolute atomic E-state index is 0.230. The first-order valence-corrected chi connectivity index (χ1v) is 9.66. The third kappa shape index (κ3) is 6.47. The molecule has 0 bridgehead atoms. The van der Waals surface area contributed by atoms with Crippen molar-refractivity contribution in [1.29, 1.82) is 0 Å². The van der Waals surface area contributed by atoms with E-state index < -0.39 is 11.9 Å². The van der Waals surface area contributed by atoms with E-state index in [0.29, 0.717) is 6.61 Å². The molecule has 0 aromatic heterocycles. The van der Waals surface area contributed by atoms with E-state index >= 15 is 0 Å². The van der Waals surface area contributed by atoms with Gasteiger partial charge in [0.25, 0.3) is 0 Å². The predicted molar refractivity (Wildman–Crippen MR) is 117 cm³/mol. The molecule has 3 aromatic rings. The van der Waals surface area contributed by atoms with Crippen LogP contribution in [0.1, 0.15) is 18.0 Å². The number of carboxylic acids is 2. The van der Waals surface area contributed by atoms with Gasteiger partial charge in [-0.3, -0.25) is 0 Å². The molecule has 1 unspecified atom stereocenters. The normalized spacial score (nSPS) is 11.5. The number of rotatable bonds is 6. The predicted octanol–water partition coefficient (Wildman–Crippen LogP) is 4.72. The average Bonchev–Trinajstić information content (AvgIpc) is 2.72. The van der Waals surface area contributed by atoms with E-state index in [1.54, 1.807) is 0 Å². The lowest BCUT2D eigenvalue weighted by atomic mass is 10.0. The number of carbonyl (C=O) groups is 2. The van der Waals surface area contributed by atoms with Gasteiger partial charge in [-0.15, -0.1) is 0 Å². The highest BCUT2D eigenvalue weighted by Crippen LogP contribution is 2.30. The Bertz CT molecular complexity index is 988. The molecule has 7 heteroatoms. The first kappa shape index (κ1) is 23.2. The topological polar surface area (TPSA) is 87.1 Å². The van der Waals surface area contributed by atoms with Crippen LogP contribution < -0.4 is 4.74 Å². The number of hydrogen-bond acceptors (Lipinski definition) is 4. The van der Waals surface area contributed by atoms with Crippen LogP contribution in [0.2, 0.25) is 5.02 Å². The number of aliphatic carboxylic acids is 2. The van der Waals surface area contributed by atoms with Crippen molar-refractivity contribution >= 4 is 34.3 Å². The Labute approximate surface area is 180 Å². The van der Waals surface area contributed by atoms with Crippen molar-refractivity contribution in [2.24, 2.45) is 0 Å². The van der Waals surface area contributed by atoms with E-state index in [1.807, 2.05) is 42.5 Å². The first-order valence-electron chi connectivity index (χ1n) is 9.29. The Kier molecular flexibility index (Phi) is 8.65. The maximum Gasteiger partial charge on any atom is 0.414 e. The van der Waals surface area contributed by atoms with Crippen LogP contribution in [0.15, 0.2) is 66.7 Å². The number of benzene rings is 3. The molecule has 0 aliphatic carbocycles. The van der Waals surface area contributed by atoms with Gasteiger partial charge in [-0.2, -0.15) is 0 Å². The zero-order valence-corrected chi connectivity index (χ0v) is 17.5. The molecule has 3 aromatic carbocycles. The highest BCUT2D eigenvalue weighted by atomic mass is 35.5. The summed E-state index contributed by atoms with van der Waals surface area (Å²) in [7, 11) is 4.15. The van der Waals surface area contributed by atoms with Crippen LogP contribution in [-0.4, -0.2) is 47.8 Å². The van der Waals surface area contributed by atoms with Gasteiger partial charge in [0.15, 0.2) is 0 Å². The van der Waals surface area contributed by atoms with Crippen LogP contribution in [0.3, 0.4) is 0 Å². The molecule has 30 heavy (non-hydrogen) atoms. The van der Waals surface area contributed by atoms with E-state index in [0.717, 1.165) is 28.1 Å². The van der Waals surface area contributed by atoms with Crippen LogP contribution in [0.4, 0.5) is 0 Å². The number of carboxylic acid groups (broad SMARTS) is 2. The fourth-order valence-corrected chi connectivity index (χ4v) is 3.30. The molecule has 0 saturated carbocycles. The molecule has 0 spiro atoms. The summed E-state index contributed by atoms with van der Waals surface area (Å²) in [4.78, 5) is 20.4. The zero-order chi connectivity index (χ0) is 22.1. The Morgan fingerprint density at radius 3 is 2.17 bits per heavy atom. The Morgan fingerprint density at radius 2 is 1.53 bits per heavy atom. The molecular weight excluding hydrogens is 406 g/mol. The van der Waals surface area contributed by atoms with Crippen LogP contribution in [0.5, 0.6) is 5.75 Å². The quantitative estimate of drug-likeness (QED) is 0.551. The molecule has 0 aliphatic heterocycles. The molecule has 0 saturated heterocycles. The van der Waals surface area contributed by atoms with Crippen LogP contribution >= 0.6 is 11.6 Å². The van der Waals surface area contributed by atoms with Gasteiger partial charge >= 0.3 is 11.9 Å². The van der Waals surface area contributed by atoms with Crippen LogP contribution in [0.25, 0.3) is 10.8 Å². The van der Waals surface area contributed by atoms with E-state index in [-0.39, 0.29) is 6.04 Å². The summed E-state index contributed by atoms with van der Waals surface area (Å²) in [6.07, 6.45) is 0.875. The number of hydrogen-bond donors (Lipinski definition) is 2. The molecule has 3 rings (SSSR count). The smallest absolute Gasteiger partial charge is 0.414 e. The number of fused-ring (bicyclic) bond motifs is 1. The average molecular weight is 430 g/mol. The van der Waals surface area contributed by atoms with E-state index in [2.05, 4.69) is 43.3 Å². The second kappa shape index (κ2) is 11.2. The van der Waals surface area contributed by atoms with Gasteiger partial charge in [0.05, 0.1) is 6.61 Å². The minimum Gasteiger partial charge on any atom is -0.493 e.